The Morgan fingerprint density at radius 2 is 1.72 bits per heavy atom. The van der Waals surface area contributed by atoms with Crippen molar-refractivity contribution in [1.29, 1.82) is 0 Å². The Labute approximate surface area is 515 Å². The van der Waals surface area contributed by atoms with Crippen molar-refractivity contribution in [2.45, 2.75) is 148 Å². The highest BCUT2D eigenvalue weighted by Gasteiger charge is 2.69. The van der Waals surface area contributed by atoms with Crippen molar-refractivity contribution in [3.05, 3.63) is 165 Å². The molecule has 2 saturated heterocycles. The summed E-state index contributed by atoms with van der Waals surface area (Å²) in [7, 11) is 2.05. The molecule has 6 aliphatic heterocycles. The summed E-state index contributed by atoms with van der Waals surface area (Å²) in [5.74, 6) is 7.65. The number of carbonyl (C=O) groups excluding carboxylic acids is 2. The van der Waals surface area contributed by atoms with Crippen LogP contribution in [0.2, 0.25) is 0 Å². The van der Waals surface area contributed by atoms with Crippen LogP contribution in [0.15, 0.2) is 131 Å². The van der Waals surface area contributed by atoms with Crippen molar-refractivity contribution in [3.8, 4) is 28.7 Å². The zero-order valence-corrected chi connectivity index (χ0v) is 51.6. The van der Waals surface area contributed by atoms with E-state index < -0.39 is 11.0 Å². The number of benzene rings is 4. The Balaban J connectivity index is 1.000. The fourth-order valence-electron chi connectivity index (χ4n) is 18.2. The normalized spacial score (nSPS) is 32.9. The lowest BCUT2D eigenvalue weighted by atomic mass is 9.44. The molecule has 0 amide bonds. The number of piperidine rings is 1. The molecule has 458 valence electrons. The molecule has 4 aromatic rings. The van der Waals surface area contributed by atoms with E-state index in [-0.39, 0.29) is 83.3 Å². The SMILES string of the molecule is CCCNCc1cc2cc(c1)C1NCC(C)(O)CC#CC(CO)CC3CC(C4CCNC(NC)C4)(CC=C4OC(=O)C5=C4CCC4C6CCC7(C(=CC(CC)Cc8ccccc8)OC(=O)C7=C6c6cc(O)ccc6-c6cccc(c6)CNCC2)C54)CC31. The molecule has 12 nitrogen and oxygen atoms in total. The summed E-state index contributed by atoms with van der Waals surface area (Å²) in [5.41, 5.74) is 9.92. The number of aliphatic hydroxyl groups excluding tert-OH is 1. The number of phenolic OH excluding ortho intramolecular Hbond substituents is 1. The van der Waals surface area contributed by atoms with E-state index in [4.69, 9.17) is 9.47 Å². The molecule has 15 rings (SSSR count). The van der Waals surface area contributed by atoms with E-state index in [9.17, 15) is 15.3 Å². The second-order valence-electron chi connectivity index (χ2n) is 27.7. The second-order valence-corrected chi connectivity index (χ2v) is 27.7. The van der Waals surface area contributed by atoms with E-state index >= 15 is 9.59 Å². The molecule has 13 unspecified atom stereocenters. The lowest BCUT2D eigenvalue weighted by molar-refractivity contribution is -0.135. The number of hydrogen-bond donors (Lipinski definition) is 8. The molecule has 6 heterocycles. The molecule has 1 spiro atoms. The minimum atomic E-state index is -1.10. The number of carbonyl (C=O) groups is 2. The molecule has 4 aromatic carbocycles. The lowest BCUT2D eigenvalue weighted by Crippen LogP contribution is -2.52. The fraction of sp³-hybridized carbons (Fsp3) is 0.520. The molecular weight excluding hydrogens is 1080 g/mol. The molecule has 0 aromatic heterocycles. The standard InChI is InChI=1S/C75H91N5O7/c1-5-28-77-43-51-32-48-23-29-78-42-49-14-10-16-52(34-49)57-18-17-56(82)39-61(57)66-58-21-27-75(64(87-72(84)69(66)75)37-46(6-2)31-47-12-8-7-9-13-47)68-59(58)19-20-60-63(86-71(83)67(60)68)22-26-74(55-24-30-79-65(38-55)76-4)40-54-35-50(44-81)15-11-25-73(3,85)45-80-70(62(54)41-74)53(33-48)36-51/h7-10,12-14,16-18,22,32-34,36-37,39,46,50,54-55,58-59,62,65,68,70,76-82,85H,5-6,19-21,23-31,35,38,40-45H2,1-4H3. The summed E-state index contributed by atoms with van der Waals surface area (Å²) in [4.78, 5) is 30.9. The number of aliphatic hydroxyl groups is 2. The molecule has 8 N–H and O–H groups in total. The molecule has 13 atom stereocenters. The number of cyclic esters (lactones) is 1. The van der Waals surface area contributed by atoms with Crippen molar-refractivity contribution in [3.63, 3.8) is 0 Å². The van der Waals surface area contributed by atoms with Crippen molar-refractivity contribution in [1.82, 2.24) is 26.6 Å². The first-order valence-corrected chi connectivity index (χ1v) is 33.1. The first-order chi connectivity index (χ1) is 42.3. The first kappa shape index (κ1) is 59.8. The number of phenols is 1. The van der Waals surface area contributed by atoms with Gasteiger partial charge in [-0.05, 0) is 245 Å². The summed E-state index contributed by atoms with van der Waals surface area (Å²) in [6.07, 6.45) is 16.6. The van der Waals surface area contributed by atoms with Gasteiger partial charge in [0, 0.05) is 55.1 Å². The van der Waals surface area contributed by atoms with Crippen LogP contribution in [0.5, 0.6) is 5.75 Å². The van der Waals surface area contributed by atoms with E-state index in [1.165, 1.54) is 22.3 Å². The highest BCUT2D eigenvalue weighted by molar-refractivity contribution is 6.07. The van der Waals surface area contributed by atoms with E-state index in [2.05, 4.69) is 131 Å². The van der Waals surface area contributed by atoms with Gasteiger partial charge in [0.05, 0.1) is 29.4 Å². The first-order valence-electron chi connectivity index (χ1n) is 33.1. The van der Waals surface area contributed by atoms with Crippen molar-refractivity contribution >= 4 is 17.5 Å². The zero-order valence-electron chi connectivity index (χ0n) is 51.6. The largest absolute Gasteiger partial charge is 0.508 e. The molecule has 4 fully saturated rings. The Morgan fingerprint density at radius 3 is 2.55 bits per heavy atom. The van der Waals surface area contributed by atoms with Gasteiger partial charge in [0.15, 0.2) is 0 Å². The van der Waals surface area contributed by atoms with E-state index in [1.807, 2.05) is 32.2 Å². The van der Waals surface area contributed by atoms with Crippen LogP contribution in [0.25, 0.3) is 16.7 Å². The Kier molecular flexibility index (Phi) is 17.2. The highest BCUT2D eigenvalue weighted by Crippen LogP contribution is 2.72. The predicted molar refractivity (Wildman–Crippen MR) is 341 cm³/mol. The monoisotopic (exact) mass is 1170 g/mol. The van der Waals surface area contributed by atoms with Gasteiger partial charge in [0.25, 0.3) is 0 Å². The average molecular weight is 1170 g/mol. The van der Waals surface area contributed by atoms with Gasteiger partial charge in [-0.2, -0.15) is 0 Å². The highest BCUT2D eigenvalue weighted by atomic mass is 16.6. The Hall–Kier alpha value is -6.14. The predicted octanol–water partition coefficient (Wildman–Crippen LogP) is 11.3. The van der Waals surface area contributed by atoms with Crippen LogP contribution in [0, 0.1) is 70.0 Å². The van der Waals surface area contributed by atoms with E-state index in [0.717, 1.165) is 130 Å². The summed E-state index contributed by atoms with van der Waals surface area (Å²) < 4.78 is 13.6. The van der Waals surface area contributed by atoms with Crippen LogP contribution in [0.3, 0.4) is 0 Å². The van der Waals surface area contributed by atoms with Crippen LogP contribution in [0.4, 0.5) is 0 Å². The van der Waals surface area contributed by atoms with Crippen molar-refractivity contribution in [2.75, 3.05) is 39.8 Å². The van der Waals surface area contributed by atoms with Gasteiger partial charge in [-0.1, -0.05) is 98.5 Å². The van der Waals surface area contributed by atoms with E-state index in [1.54, 1.807) is 6.07 Å². The molecule has 5 aliphatic carbocycles. The Morgan fingerprint density at radius 1 is 0.851 bits per heavy atom. The Bertz CT molecular complexity index is 3460. The molecule has 87 heavy (non-hydrogen) atoms. The van der Waals surface area contributed by atoms with Crippen LogP contribution in [-0.2, 0) is 45.0 Å². The summed E-state index contributed by atoms with van der Waals surface area (Å²) in [5, 5.41) is 53.7. The maximum Gasteiger partial charge on any atom is 0.340 e. The van der Waals surface area contributed by atoms with Gasteiger partial charge < -0.3 is 51.4 Å². The van der Waals surface area contributed by atoms with Crippen LogP contribution >= 0.6 is 0 Å². The summed E-state index contributed by atoms with van der Waals surface area (Å²) in [6, 6.07) is 31.9. The quantitative estimate of drug-likeness (QED) is 0.0406. The van der Waals surface area contributed by atoms with Gasteiger partial charge in [-0.15, -0.1) is 0 Å². The van der Waals surface area contributed by atoms with Crippen LogP contribution in [0.1, 0.15) is 144 Å². The van der Waals surface area contributed by atoms with Crippen molar-refractivity contribution in [2.24, 2.45) is 58.2 Å². The third-order valence-electron chi connectivity index (χ3n) is 22.2. The average Bonchev–Trinajstić information content (AvgIpc) is 1.88. The van der Waals surface area contributed by atoms with Gasteiger partial charge in [0.1, 0.15) is 17.3 Å². The number of esters is 2. The third kappa shape index (κ3) is 11.5. The molecule has 14 bridgehead atoms. The number of hydrogen-bond acceptors (Lipinski definition) is 12. The molecular formula is C75H91N5O7. The maximum absolute atomic E-state index is 15.5. The van der Waals surface area contributed by atoms with Gasteiger partial charge in [-0.25, -0.2) is 9.59 Å². The smallest absolute Gasteiger partial charge is 0.340 e. The topological polar surface area (TPSA) is 173 Å². The molecule has 12 heteroatoms. The maximum atomic E-state index is 15.5. The molecule has 2 saturated carbocycles. The molecule has 11 aliphatic rings. The third-order valence-corrected chi connectivity index (χ3v) is 22.2. The number of rotatable bonds is 11. The number of fused-ring (bicyclic) bond motifs is 5. The zero-order chi connectivity index (χ0) is 60.0. The second kappa shape index (κ2) is 25.0. The minimum absolute atomic E-state index is 0.00631. The fourth-order valence-corrected chi connectivity index (χ4v) is 18.2. The van der Waals surface area contributed by atoms with Gasteiger partial charge >= 0.3 is 11.9 Å². The number of β-amino-alcohol motifs (C(OH)–C–C–N with tert-alkyl or cyclic N) is 1. The number of aromatic hydroxyl groups is 1. The molecule has 0 radical (unpaired) electrons. The summed E-state index contributed by atoms with van der Waals surface area (Å²) >= 11 is 0. The summed E-state index contributed by atoms with van der Waals surface area (Å²) in [6.45, 7) is 10.5. The van der Waals surface area contributed by atoms with Gasteiger partial charge in [-0.3, -0.25) is 0 Å². The van der Waals surface area contributed by atoms with Gasteiger partial charge in [0.2, 0.25) is 0 Å². The minimum Gasteiger partial charge on any atom is -0.508 e. The lowest BCUT2D eigenvalue weighted by Gasteiger charge is -2.56. The van der Waals surface area contributed by atoms with E-state index in [0.29, 0.717) is 67.4 Å². The van der Waals surface area contributed by atoms with Crippen LogP contribution in [-0.4, -0.2) is 78.9 Å². The van der Waals surface area contributed by atoms with Crippen molar-refractivity contribution < 1.29 is 34.4 Å². The number of allylic oxidation sites excluding steroid dienone is 5. The number of ether oxygens (including phenoxy) is 2. The number of nitrogens with one attached hydrogen (secondary N) is 5. The van der Waals surface area contributed by atoms with Crippen LogP contribution < -0.4 is 26.6 Å².